The van der Waals surface area contributed by atoms with Crippen molar-refractivity contribution in [3.8, 4) is 0 Å². The van der Waals surface area contributed by atoms with Crippen LogP contribution in [0.4, 0.5) is 13.2 Å². The predicted molar refractivity (Wildman–Crippen MR) is 110 cm³/mol. The lowest BCUT2D eigenvalue weighted by atomic mass is 9.91. The van der Waals surface area contributed by atoms with Crippen molar-refractivity contribution >= 4 is 23.6 Å². The van der Waals surface area contributed by atoms with Crippen LogP contribution in [0.25, 0.3) is 0 Å². The van der Waals surface area contributed by atoms with Crippen LogP contribution in [0, 0.1) is 5.92 Å². The first-order chi connectivity index (χ1) is 15.6. The molecule has 1 aromatic carbocycles. The Kier molecular flexibility index (Phi) is 7.41. The number of piperidine rings is 1. The van der Waals surface area contributed by atoms with E-state index in [-0.39, 0.29) is 43.4 Å². The molecule has 33 heavy (non-hydrogen) atoms. The van der Waals surface area contributed by atoms with Gasteiger partial charge in [-0.1, -0.05) is 13.3 Å². The minimum atomic E-state index is -4.69. The Morgan fingerprint density at radius 2 is 2.00 bits per heavy atom. The third-order valence-electron chi connectivity index (χ3n) is 6.06. The van der Waals surface area contributed by atoms with Crippen LogP contribution in [-0.2, 0) is 16.1 Å². The fourth-order valence-electron chi connectivity index (χ4n) is 4.42. The highest BCUT2D eigenvalue weighted by molar-refractivity contribution is 6.06. The van der Waals surface area contributed by atoms with E-state index < -0.39 is 54.4 Å². The van der Waals surface area contributed by atoms with Gasteiger partial charge in [0.05, 0.1) is 0 Å². The number of imide groups is 1. The summed E-state index contributed by atoms with van der Waals surface area (Å²) in [6.07, 6.45) is -3.88. The van der Waals surface area contributed by atoms with E-state index in [4.69, 9.17) is 5.11 Å². The monoisotopic (exact) mass is 469 g/mol. The Morgan fingerprint density at radius 3 is 2.61 bits per heavy atom. The number of halogens is 3. The lowest BCUT2D eigenvalue weighted by Crippen LogP contribution is -2.52. The van der Waals surface area contributed by atoms with Gasteiger partial charge in [0, 0.05) is 30.7 Å². The van der Waals surface area contributed by atoms with E-state index in [1.165, 1.54) is 23.1 Å². The van der Waals surface area contributed by atoms with Crippen molar-refractivity contribution in [1.29, 1.82) is 0 Å². The van der Waals surface area contributed by atoms with Crippen molar-refractivity contribution in [2.75, 3.05) is 6.61 Å². The van der Waals surface area contributed by atoms with Crippen molar-refractivity contribution in [3.63, 3.8) is 0 Å². The van der Waals surface area contributed by atoms with Gasteiger partial charge in [0.1, 0.15) is 12.1 Å². The summed E-state index contributed by atoms with van der Waals surface area (Å²) in [4.78, 5) is 50.2. The highest BCUT2D eigenvalue weighted by Gasteiger charge is 2.45. The first kappa shape index (κ1) is 24.7. The first-order valence-corrected chi connectivity index (χ1v) is 10.8. The predicted octanol–water partition coefficient (Wildman–Crippen LogP) is 1.91. The summed E-state index contributed by atoms with van der Waals surface area (Å²) in [7, 11) is 0. The number of hydrogen-bond donors (Lipinski definition) is 3. The van der Waals surface area contributed by atoms with Crippen LogP contribution in [0.3, 0.4) is 0 Å². The van der Waals surface area contributed by atoms with Crippen LogP contribution in [0.5, 0.6) is 0 Å². The third-order valence-corrected chi connectivity index (χ3v) is 6.06. The van der Waals surface area contributed by atoms with Gasteiger partial charge in [0.15, 0.2) is 0 Å². The molecule has 0 aromatic heterocycles. The molecule has 0 saturated carbocycles. The van der Waals surface area contributed by atoms with Crippen molar-refractivity contribution in [1.82, 2.24) is 15.5 Å². The summed E-state index contributed by atoms with van der Waals surface area (Å²) >= 11 is 0. The van der Waals surface area contributed by atoms with Crippen molar-refractivity contribution in [3.05, 3.63) is 34.9 Å². The lowest BCUT2D eigenvalue weighted by Gasteiger charge is -2.29. The molecule has 4 amide bonds. The summed E-state index contributed by atoms with van der Waals surface area (Å²) in [6, 6.07) is 1.03. The topological polar surface area (TPSA) is 116 Å². The van der Waals surface area contributed by atoms with E-state index in [2.05, 4.69) is 10.6 Å². The zero-order valence-corrected chi connectivity index (χ0v) is 18.1. The van der Waals surface area contributed by atoms with E-state index >= 15 is 0 Å². The molecule has 8 nitrogen and oxygen atoms in total. The second-order valence-corrected chi connectivity index (χ2v) is 8.33. The average Bonchev–Trinajstić information content (AvgIpc) is 3.06. The number of benzene rings is 1. The summed E-state index contributed by atoms with van der Waals surface area (Å²) in [5.41, 5.74) is 0.634. The summed E-state index contributed by atoms with van der Waals surface area (Å²) in [5, 5.41) is 13.4. The smallest absolute Gasteiger partial charge is 0.396 e. The highest BCUT2D eigenvalue weighted by atomic mass is 19.4. The molecule has 0 aliphatic carbocycles. The molecule has 1 saturated heterocycles. The fraction of sp³-hybridized carbons (Fsp3) is 0.545. The van der Waals surface area contributed by atoms with Crippen LogP contribution in [0.15, 0.2) is 18.2 Å². The molecule has 2 aliphatic heterocycles. The summed E-state index contributed by atoms with van der Waals surface area (Å²) < 4.78 is 41.0. The number of amides is 4. The second-order valence-electron chi connectivity index (χ2n) is 8.33. The van der Waals surface area contributed by atoms with E-state index in [1.54, 1.807) is 6.92 Å². The fourth-order valence-corrected chi connectivity index (χ4v) is 4.42. The van der Waals surface area contributed by atoms with Crippen molar-refractivity contribution in [2.24, 2.45) is 5.92 Å². The van der Waals surface area contributed by atoms with Crippen LogP contribution >= 0.6 is 0 Å². The summed E-state index contributed by atoms with van der Waals surface area (Å²) in [6.45, 7) is 1.31. The third kappa shape index (κ3) is 5.35. The molecule has 0 radical (unpaired) electrons. The van der Waals surface area contributed by atoms with Crippen LogP contribution in [0.1, 0.15) is 65.3 Å². The number of nitrogens with zero attached hydrogens (tertiary/aromatic N) is 1. The largest absolute Gasteiger partial charge is 0.408 e. The van der Waals surface area contributed by atoms with Crippen LogP contribution < -0.4 is 10.6 Å². The first-order valence-electron chi connectivity index (χ1n) is 10.8. The molecule has 2 heterocycles. The van der Waals surface area contributed by atoms with Gasteiger partial charge in [-0.05, 0) is 48.9 Å². The van der Waals surface area contributed by atoms with Gasteiger partial charge in [0.25, 0.3) is 11.8 Å². The molecule has 180 valence electrons. The molecule has 1 fully saturated rings. The molecule has 11 heteroatoms. The number of aliphatic hydroxyl groups excluding tert-OH is 1. The van der Waals surface area contributed by atoms with E-state index in [1.807, 2.05) is 0 Å². The highest BCUT2D eigenvalue weighted by Crippen LogP contribution is 2.31. The van der Waals surface area contributed by atoms with Crippen LogP contribution in [0.2, 0.25) is 0 Å². The Morgan fingerprint density at radius 1 is 1.27 bits per heavy atom. The molecular weight excluding hydrogens is 443 g/mol. The second kappa shape index (κ2) is 9.90. The van der Waals surface area contributed by atoms with Crippen LogP contribution in [-0.4, -0.2) is 58.5 Å². The maximum absolute atomic E-state index is 13.7. The molecule has 0 spiro atoms. The number of rotatable bonds is 8. The number of hydrogen-bond acceptors (Lipinski definition) is 5. The van der Waals surface area contributed by atoms with Crippen molar-refractivity contribution in [2.45, 2.75) is 63.8 Å². The molecule has 1 unspecified atom stereocenters. The zero-order valence-electron chi connectivity index (χ0n) is 18.1. The molecule has 0 bridgehead atoms. The molecule has 3 rings (SSSR count). The van der Waals surface area contributed by atoms with Crippen molar-refractivity contribution < 1.29 is 37.5 Å². The molecule has 3 N–H and O–H groups in total. The normalized spacial score (nSPS) is 20.3. The van der Waals surface area contributed by atoms with Gasteiger partial charge in [-0.25, -0.2) is 0 Å². The Hall–Kier alpha value is -2.95. The number of carbonyl (C=O) groups excluding carboxylic acids is 4. The molecule has 3 atom stereocenters. The number of nitrogens with one attached hydrogen (secondary N) is 2. The van der Waals surface area contributed by atoms with Gasteiger partial charge >= 0.3 is 6.18 Å². The zero-order chi connectivity index (χ0) is 24.3. The Labute approximate surface area is 188 Å². The molecule has 2 aliphatic rings. The SMILES string of the molecule is CCC[C@@H](CCO)[C@@H](NC(=O)c1ccc2c(c1)CN(C1CCC(=O)NC1=O)C2=O)C(F)(F)F. The lowest BCUT2D eigenvalue weighted by molar-refractivity contribution is -0.167. The Bertz CT molecular complexity index is 944. The molecular formula is C22H26F3N3O5. The quantitative estimate of drug-likeness (QED) is 0.503. The number of carbonyl (C=O) groups is 4. The number of fused-ring (bicyclic) bond motifs is 1. The van der Waals surface area contributed by atoms with E-state index in [0.29, 0.717) is 12.0 Å². The van der Waals surface area contributed by atoms with Gasteiger partial charge in [0.2, 0.25) is 11.8 Å². The maximum Gasteiger partial charge on any atom is 0.408 e. The van der Waals surface area contributed by atoms with Gasteiger partial charge < -0.3 is 15.3 Å². The number of alkyl halides is 3. The minimum absolute atomic E-state index is 0.00718. The van der Waals surface area contributed by atoms with E-state index in [9.17, 15) is 32.3 Å². The summed E-state index contributed by atoms with van der Waals surface area (Å²) in [5.74, 6) is -3.34. The van der Waals surface area contributed by atoms with E-state index in [0.717, 1.165) is 0 Å². The standard InChI is InChI=1S/C22H26F3N3O5/c1-2-3-12(8-9-29)18(22(23,24)25)27-19(31)13-4-5-15-14(10-13)11-28(21(15)33)16-6-7-17(30)26-20(16)32/h4-5,10,12,16,18,29H,2-3,6-9,11H2,1H3,(H,27,31)(H,26,30,32)/t12-,16?,18+/m0/s1. The van der Waals surface area contributed by atoms with Gasteiger partial charge in [-0.3, -0.25) is 24.5 Å². The molecule has 1 aromatic rings. The van der Waals surface area contributed by atoms with Gasteiger partial charge in [-0.2, -0.15) is 13.2 Å². The average molecular weight is 469 g/mol. The minimum Gasteiger partial charge on any atom is -0.396 e. The number of aliphatic hydroxyl groups is 1. The Balaban J connectivity index is 1.78. The van der Waals surface area contributed by atoms with Gasteiger partial charge in [-0.15, -0.1) is 0 Å². The maximum atomic E-state index is 13.7.